The first-order valence-electron chi connectivity index (χ1n) is 11.4. The lowest BCUT2D eigenvalue weighted by atomic mass is 10.0. The van der Waals surface area contributed by atoms with E-state index in [-0.39, 0.29) is 18.1 Å². The third-order valence-electron chi connectivity index (χ3n) is 6.39. The zero-order valence-corrected chi connectivity index (χ0v) is 20.6. The van der Waals surface area contributed by atoms with E-state index in [4.69, 9.17) is 4.74 Å². The van der Waals surface area contributed by atoms with Crippen molar-refractivity contribution in [3.63, 3.8) is 0 Å². The number of likely N-dealkylation sites (N-methyl/N-ethyl adjacent to an activating group) is 1. The van der Waals surface area contributed by atoms with Crippen molar-refractivity contribution >= 4 is 23.1 Å². The Morgan fingerprint density at radius 3 is 2.64 bits per heavy atom. The van der Waals surface area contributed by atoms with Crippen LogP contribution in [-0.2, 0) is 22.3 Å². The summed E-state index contributed by atoms with van der Waals surface area (Å²) in [5, 5.41) is 10.6. The molecule has 0 bridgehead atoms. The Kier molecular flexibility index (Phi) is 6.90. The maximum absolute atomic E-state index is 12.8. The number of aromatic nitrogens is 4. The molecule has 0 saturated carbocycles. The summed E-state index contributed by atoms with van der Waals surface area (Å²) in [6.07, 6.45) is -0.0442. The number of alkyl halides is 3. The quantitative estimate of drug-likeness (QED) is 0.503. The minimum Gasteiger partial charge on any atom is -0.379 e. The van der Waals surface area contributed by atoms with E-state index in [1.54, 1.807) is 18.0 Å². The molecule has 0 saturated heterocycles. The molecule has 3 aromatic rings. The standard InChI is InChI=1S/C24H28F3N7O2/c1-13-21-18(33(4)22(15(3)36-5)23(35)32-21)8-20(31-13)29-9-16-10-30-34(12-16)14(2)17-6-7-19(28-11-17)24(25,26)27/h6-8,10-12,14-15,22H,9H2,1-5H3,(H,29,31)(H,32,35)/t14-,15+,22-/m0/s1. The van der Waals surface area contributed by atoms with Crippen molar-refractivity contribution in [2.24, 2.45) is 0 Å². The summed E-state index contributed by atoms with van der Waals surface area (Å²) < 4.78 is 45.4. The van der Waals surface area contributed by atoms with Crippen LogP contribution in [0.1, 0.15) is 42.4 Å². The molecule has 0 spiro atoms. The molecule has 192 valence electrons. The van der Waals surface area contributed by atoms with Crippen molar-refractivity contribution in [1.29, 1.82) is 0 Å². The Morgan fingerprint density at radius 2 is 2.00 bits per heavy atom. The van der Waals surface area contributed by atoms with Gasteiger partial charge in [-0.1, -0.05) is 6.07 Å². The van der Waals surface area contributed by atoms with Crippen LogP contribution in [0.5, 0.6) is 0 Å². The molecule has 3 atom stereocenters. The van der Waals surface area contributed by atoms with Gasteiger partial charge >= 0.3 is 6.18 Å². The minimum atomic E-state index is -4.47. The van der Waals surface area contributed by atoms with E-state index in [0.29, 0.717) is 29.3 Å². The topological polar surface area (TPSA) is 97.2 Å². The highest BCUT2D eigenvalue weighted by molar-refractivity contribution is 6.04. The molecule has 4 heterocycles. The lowest BCUT2D eigenvalue weighted by molar-refractivity contribution is -0.141. The summed E-state index contributed by atoms with van der Waals surface area (Å²) in [4.78, 5) is 22.6. The van der Waals surface area contributed by atoms with Crippen LogP contribution >= 0.6 is 0 Å². The van der Waals surface area contributed by atoms with E-state index in [9.17, 15) is 18.0 Å². The number of carbonyl (C=O) groups is 1. The summed E-state index contributed by atoms with van der Waals surface area (Å²) in [6.45, 7) is 5.94. The molecule has 12 heteroatoms. The lowest BCUT2D eigenvalue weighted by Crippen LogP contribution is -2.52. The van der Waals surface area contributed by atoms with Gasteiger partial charge in [0.25, 0.3) is 0 Å². The van der Waals surface area contributed by atoms with Gasteiger partial charge in [-0.25, -0.2) is 4.98 Å². The van der Waals surface area contributed by atoms with E-state index in [2.05, 4.69) is 25.7 Å². The largest absolute Gasteiger partial charge is 0.433 e. The normalized spacial score (nSPS) is 17.4. The Bertz CT molecular complexity index is 1240. The number of amides is 1. The number of ether oxygens (including phenoxy) is 1. The van der Waals surface area contributed by atoms with E-state index < -0.39 is 17.9 Å². The molecule has 0 aromatic carbocycles. The monoisotopic (exact) mass is 503 g/mol. The maximum Gasteiger partial charge on any atom is 0.433 e. The van der Waals surface area contributed by atoms with Crippen LogP contribution in [0.3, 0.4) is 0 Å². The summed E-state index contributed by atoms with van der Waals surface area (Å²) >= 11 is 0. The predicted octanol–water partition coefficient (Wildman–Crippen LogP) is 4.01. The average molecular weight is 504 g/mol. The van der Waals surface area contributed by atoms with Gasteiger partial charge in [0.15, 0.2) is 0 Å². The highest BCUT2D eigenvalue weighted by Gasteiger charge is 2.36. The van der Waals surface area contributed by atoms with E-state index in [1.165, 1.54) is 12.3 Å². The molecule has 3 aromatic heterocycles. The van der Waals surface area contributed by atoms with Gasteiger partial charge in [0.1, 0.15) is 17.6 Å². The Balaban J connectivity index is 1.47. The number of nitrogens with one attached hydrogen (secondary N) is 2. The fraction of sp³-hybridized carbons (Fsp3) is 0.417. The van der Waals surface area contributed by atoms with E-state index in [0.717, 1.165) is 17.3 Å². The van der Waals surface area contributed by atoms with Crippen molar-refractivity contribution < 1.29 is 22.7 Å². The average Bonchev–Trinajstić information content (AvgIpc) is 3.31. The van der Waals surface area contributed by atoms with Crippen LogP contribution < -0.4 is 15.5 Å². The number of fused-ring (bicyclic) bond motifs is 1. The molecule has 1 aliphatic rings. The summed E-state index contributed by atoms with van der Waals surface area (Å²) in [5.74, 6) is 0.487. The first kappa shape index (κ1) is 25.4. The molecule has 1 amide bonds. The molecule has 2 N–H and O–H groups in total. The fourth-order valence-electron chi connectivity index (χ4n) is 4.20. The molecule has 0 aliphatic carbocycles. The van der Waals surface area contributed by atoms with Gasteiger partial charge in [-0.05, 0) is 32.4 Å². The SMILES string of the molecule is CO[C@H](C)[C@H]1C(=O)Nc2c(cc(NCc3cnn([C@@H](C)c4ccc(C(F)(F)F)nc4)c3)nc2C)N1C. The summed E-state index contributed by atoms with van der Waals surface area (Å²) in [7, 11) is 3.42. The molecule has 1 aliphatic heterocycles. The number of anilines is 3. The highest BCUT2D eigenvalue weighted by Crippen LogP contribution is 2.36. The van der Waals surface area contributed by atoms with Gasteiger partial charge in [-0.3, -0.25) is 14.5 Å². The second kappa shape index (κ2) is 9.76. The van der Waals surface area contributed by atoms with Gasteiger partial charge in [-0.15, -0.1) is 0 Å². The number of aryl methyl sites for hydroxylation is 1. The first-order chi connectivity index (χ1) is 17.0. The van der Waals surface area contributed by atoms with Crippen molar-refractivity contribution in [3.8, 4) is 0 Å². The van der Waals surface area contributed by atoms with Crippen molar-refractivity contribution in [3.05, 3.63) is 59.3 Å². The number of hydrogen-bond acceptors (Lipinski definition) is 7. The van der Waals surface area contributed by atoms with Crippen molar-refractivity contribution in [2.45, 2.75) is 51.7 Å². The summed E-state index contributed by atoms with van der Waals surface area (Å²) in [5.41, 5.74) is 2.73. The molecule has 36 heavy (non-hydrogen) atoms. The van der Waals surface area contributed by atoms with E-state index >= 15 is 0 Å². The van der Waals surface area contributed by atoms with Gasteiger partial charge in [0, 0.05) is 44.7 Å². The van der Waals surface area contributed by atoms with Gasteiger partial charge in [0.05, 0.1) is 35.4 Å². The Hall–Kier alpha value is -3.67. The summed E-state index contributed by atoms with van der Waals surface area (Å²) in [6, 6.07) is 3.48. The molecule has 4 rings (SSSR count). The molecular weight excluding hydrogens is 475 g/mol. The van der Waals surface area contributed by atoms with Crippen LogP contribution in [-0.4, -0.2) is 52.0 Å². The first-order valence-corrected chi connectivity index (χ1v) is 11.4. The second-order valence-electron chi connectivity index (χ2n) is 8.81. The van der Waals surface area contributed by atoms with Crippen LogP contribution in [0.2, 0.25) is 0 Å². The van der Waals surface area contributed by atoms with Crippen LogP contribution in [0, 0.1) is 6.92 Å². The Morgan fingerprint density at radius 1 is 1.25 bits per heavy atom. The zero-order valence-electron chi connectivity index (χ0n) is 20.6. The minimum absolute atomic E-state index is 0.144. The highest BCUT2D eigenvalue weighted by atomic mass is 19.4. The van der Waals surface area contributed by atoms with Crippen LogP contribution in [0.25, 0.3) is 0 Å². The second-order valence-corrected chi connectivity index (χ2v) is 8.81. The fourth-order valence-corrected chi connectivity index (χ4v) is 4.20. The lowest BCUT2D eigenvalue weighted by Gasteiger charge is -2.38. The number of pyridine rings is 2. The van der Waals surface area contributed by atoms with Crippen molar-refractivity contribution in [1.82, 2.24) is 19.7 Å². The number of halogens is 3. The maximum atomic E-state index is 12.8. The molecule has 9 nitrogen and oxygen atoms in total. The predicted molar refractivity (Wildman–Crippen MR) is 129 cm³/mol. The third kappa shape index (κ3) is 4.99. The van der Waals surface area contributed by atoms with Gasteiger partial charge in [0.2, 0.25) is 5.91 Å². The number of hydrogen-bond donors (Lipinski definition) is 2. The molecule has 0 unspecified atom stereocenters. The van der Waals surface area contributed by atoms with E-state index in [1.807, 2.05) is 45.0 Å². The number of methoxy groups -OCH3 is 1. The number of rotatable bonds is 7. The number of carbonyl (C=O) groups excluding carboxylic acids is 1. The van der Waals surface area contributed by atoms with Crippen LogP contribution in [0.15, 0.2) is 36.8 Å². The molecular formula is C24H28F3N7O2. The number of nitrogens with zero attached hydrogens (tertiary/aromatic N) is 5. The van der Waals surface area contributed by atoms with Crippen LogP contribution in [0.4, 0.5) is 30.4 Å². The Labute approximate surface area is 206 Å². The van der Waals surface area contributed by atoms with Crippen molar-refractivity contribution in [2.75, 3.05) is 29.7 Å². The van der Waals surface area contributed by atoms with Gasteiger partial charge < -0.3 is 20.3 Å². The smallest absolute Gasteiger partial charge is 0.379 e. The third-order valence-corrected chi connectivity index (χ3v) is 6.39. The zero-order chi connectivity index (χ0) is 26.2. The van der Waals surface area contributed by atoms with Gasteiger partial charge in [-0.2, -0.15) is 18.3 Å². The molecule has 0 fully saturated rings. The molecule has 0 radical (unpaired) electrons.